The number of phenolic OH excluding ortho intramolecular Hbond substituents is 1. The van der Waals surface area contributed by atoms with E-state index in [-0.39, 0.29) is 23.6 Å². The van der Waals surface area contributed by atoms with Crippen molar-refractivity contribution in [2.45, 2.75) is 39.4 Å². The van der Waals surface area contributed by atoms with E-state index in [0.29, 0.717) is 59.4 Å². The molecule has 2 amide bonds. The van der Waals surface area contributed by atoms with Crippen LogP contribution in [0.25, 0.3) is 11.3 Å². The first-order valence-electron chi connectivity index (χ1n) is 17.0. The fourth-order valence-corrected chi connectivity index (χ4v) is 7.43. The Morgan fingerprint density at radius 1 is 0.980 bits per heavy atom. The van der Waals surface area contributed by atoms with Gasteiger partial charge in [-0.05, 0) is 79.9 Å². The van der Waals surface area contributed by atoms with Gasteiger partial charge in [0.1, 0.15) is 5.75 Å². The largest absolute Gasteiger partial charge is 0.508 e. The average molecular weight is 693 g/mol. The Morgan fingerprint density at radius 3 is 2.42 bits per heavy atom. The summed E-state index contributed by atoms with van der Waals surface area (Å²) in [6.07, 6.45) is 4.18. The first-order chi connectivity index (χ1) is 24.2. The van der Waals surface area contributed by atoms with E-state index in [9.17, 15) is 14.7 Å². The molecule has 0 bridgehead atoms. The summed E-state index contributed by atoms with van der Waals surface area (Å²) in [4.78, 5) is 35.4. The fourth-order valence-electron chi connectivity index (χ4n) is 7.26. The molecule has 3 aromatic carbocycles. The molecule has 1 atom stereocenters. The molecule has 0 radical (unpaired) electrons. The minimum atomic E-state index is -0.261. The molecule has 11 heteroatoms. The second-order valence-corrected chi connectivity index (χ2v) is 13.4. The van der Waals surface area contributed by atoms with Crippen molar-refractivity contribution in [2.24, 2.45) is 7.05 Å². The Balaban J connectivity index is 1.29. The summed E-state index contributed by atoms with van der Waals surface area (Å²) < 4.78 is 9.31. The van der Waals surface area contributed by atoms with E-state index in [0.717, 1.165) is 43.0 Å². The number of carbonyl (C=O) groups is 2. The second-order valence-electron chi connectivity index (χ2n) is 13.0. The van der Waals surface area contributed by atoms with Crippen molar-refractivity contribution in [1.29, 1.82) is 0 Å². The van der Waals surface area contributed by atoms with Crippen LogP contribution in [0.5, 0.6) is 5.75 Å². The zero-order valence-corrected chi connectivity index (χ0v) is 29.3. The Labute approximate surface area is 297 Å². The minimum absolute atomic E-state index is 0.0192. The minimum Gasteiger partial charge on any atom is -0.508 e. The van der Waals surface area contributed by atoms with Crippen molar-refractivity contribution in [3.8, 4) is 17.0 Å². The third kappa shape index (κ3) is 6.54. The van der Waals surface area contributed by atoms with Crippen molar-refractivity contribution < 1.29 is 19.4 Å². The SMILES string of the molecule is CCn1c(-c2cc(Cl)ccc2C(=O)N2Cc3ccccc3C[C@H]2CN2CCOCC2)cc(C(=O)N(c2ccc(O)cc2)c2cnn(C)c2)c1C. The van der Waals surface area contributed by atoms with Gasteiger partial charge in [-0.2, -0.15) is 5.10 Å². The van der Waals surface area contributed by atoms with E-state index in [2.05, 4.69) is 32.8 Å². The lowest BCUT2D eigenvalue weighted by atomic mass is 9.92. The van der Waals surface area contributed by atoms with E-state index in [1.54, 1.807) is 59.4 Å². The van der Waals surface area contributed by atoms with Gasteiger partial charge in [0.25, 0.3) is 11.8 Å². The first-order valence-corrected chi connectivity index (χ1v) is 17.4. The van der Waals surface area contributed by atoms with Crippen molar-refractivity contribution in [3.63, 3.8) is 0 Å². The van der Waals surface area contributed by atoms with Gasteiger partial charge in [-0.25, -0.2) is 0 Å². The number of aromatic nitrogens is 3. The smallest absolute Gasteiger partial charge is 0.264 e. The van der Waals surface area contributed by atoms with Gasteiger partial charge in [0.15, 0.2) is 0 Å². The molecular formula is C39H41ClN6O4. The molecule has 50 heavy (non-hydrogen) atoms. The topological polar surface area (TPSA) is 96.1 Å². The summed E-state index contributed by atoms with van der Waals surface area (Å²) in [5.41, 5.74) is 6.78. The zero-order valence-electron chi connectivity index (χ0n) is 28.6. The molecule has 10 nitrogen and oxygen atoms in total. The third-order valence-corrected chi connectivity index (χ3v) is 10.1. The number of morpholine rings is 1. The third-order valence-electron chi connectivity index (χ3n) is 9.85. The lowest BCUT2D eigenvalue weighted by molar-refractivity contribution is 0.0193. The molecule has 0 aliphatic carbocycles. The molecule has 1 saturated heterocycles. The molecule has 2 aliphatic heterocycles. The number of anilines is 2. The van der Waals surface area contributed by atoms with Gasteiger partial charge in [0.05, 0.1) is 30.7 Å². The number of benzene rings is 3. The van der Waals surface area contributed by atoms with Crippen LogP contribution in [0.3, 0.4) is 0 Å². The summed E-state index contributed by atoms with van der Waals surface area (Å²) in [5, 5.41) is 14.8. The van der Waals surface area contributed by atoms with Gasteiger partial charge in [0.2, 0.25) is 0 Å². The number of ether oxygens (including phenoxy) is 1. The molecule has 2 aliphatic rings. The number of carbonyl (C=O) groups excluding carboxylic acids is 2. The molecule has 258 valence electrons. The van der Waals surface area contributed by atoms with Crippen LogP contribution in [0.15, 0.2) is 85.2 Å². The maximum absolute atomic E-state index is 14.8. The molecule has 0 spiro atoms. The monoisotopic (exact) mass is 692 g/mol. The quantitative estimate of drug-likeness (QED) is 0.201. The number of nitrogens with zero attached hydrogens (tertiary/aromatic N) is 6. The number of hydrogen-bond donors (Lipinski definition) is 1. The predicted octanol–water partition coefficient (Wildman–Crippen LogP) is 6.45. The van der Waals surface area contributed by atoms with Crippen LogP contribution in [0, 0.1) is 6.92 Å². The molecule has 7 rings (SSSR count). The Kier molecular flexibility index (Phi) is 9.50. The maximum Gasteiger partial charge on any atom is 0.264 e. The highest BCUT2D eigenvalue weighted by molar-refractivity contribution is 6.31. The summed E-state index contributed by atoms with van der Waals surface area (Å²) in [5.74, 6) is -0.229. The molecule has 1 N–H and O–H groups in total. The average Bonchev–Trinajstić information content (AvgIpc) is 3.70. The summed E-state index contributed by atoms with van der Waals surface area (Å²) in [7, 11) is 1.80. The van der Waals surface area contributed by atoms with E-state index in [1.807, 2.05) is 43.0 Å². The number of fused-ring (bicyclic) bond motifs is 1. The van der Waals surface area contributed by atoms with E-state index in [4.69, 9.17) is 16.3 Å². The Hall–Kier alpha value is -4.90. The lowest BCUT2D eigenvalue weighted by Crippen LogP contribution is -2.52. The second kappa shape index (κ2) is 14.1. The van der Waals surface area contributed by atoms with Crippen molar-refractivity contribution in [3.05, 3.63) is 118 Å². The number of halogens is 1. The molecule has 0 unspecified atom stereocenters. The van der Waals surface area contributed by atoms with Crippen molar-refractivity contribution in [1.82, 2.24) is 24.1 Å². The molecule has 4 heterocycles. The van der Waals surface area contributed by atoms with E-state index in [1.165, 1.54) is 5.56 Å². The van der Waals surface area contributed by atoms with Gasteiger partial charge in [-0.1, -0.05) is 35.9 Å². The molecule has 5 aromatic rings. The molecule has 0 saturated carbocycles. The number of rotatable bonds is 8. The van der Waals surface area contributed by atoms with Gasteiger partial charge in [0, 0.05) is 85.2 Å². The standard InChI is InChI=1S/C39H41ClN6O4/c1-4-44-26(2)35(39(49)46(32-22-41-42(3)24-32)30-10-12-33(47)13-11-30)21-37(44)36-20-29(40)9-14-34(36)38(48)45-23-28-8-6-5-7-27(28)19-31(45)25-43-15-17-50-18-16-43/h5-14,20-22,24,31,47H,4,15-19,23,25H2,1-3H3/t31-/m0/s1. The number of amides is 2. The predicted molar refractivity (Wildman–Crippen MR) is 194 cm³/mol. The fraction of sp³-hybridized carbons (Fsp3) is 0.308. The van der Waals surface area contributed by atoms with Crippen LogP contribution in [-0.4, -0.2) is 80.0 Å². The number of hydrogen-bond acceptors (Lipinski definition) is 6. The van der Waals surface area contributed by atoms with Gasteiger partial charge < -0.3 is 19.3 Å². The van der Waals surface area contributed by atoms with Crippen molar-refractivity contribution in [2.75, 3.05) is 37.7 Å². The summed E-state index contributed by atoms with van der Waals surface area (Å²) >= 11 is 6.65. The first kappa shape index (κ1) is 33.6. The number of aryl methyl sites for hydroxylation is 1. The molecule has 2 aromatic heterocycles. The van der Waals surface area contributed by atoms with Crippen LogP contribution in [0.1, 0.15) is 44.5 Å². The molecular weight excluding hydrogens is 652 g/mol. The molecule has 1 fully saturated rings. The summed E-state index contributed by atoms with van der Waals surface area (Å²) in [6.45, 7) is 8.85. The maximum atomic E-state index is 14.8. The zero-order chi connectivity index (χ0) is 34.9. The van der Waals surface area contributed by atoms with Gasteiger partial charge >= 0.3 is 0 Å². The van der Waals surface area contributed by atoms with Gasteiger partial charge in [-0.15, -0.1) is 0 Å². The van der Waals surface area contributed by atoms with Crippen LogP contribution in [0.2, 0.25) is 5.02 Å². The van der Waals surface area contributed by atoms with Crippen LogP contribution < -0.4 is 4.90 Å². The lowest BCUT2D eigenvalue weighted by Gasteiger charge is -2.40. The number of aromatic hydroxyl groups is 1. The number of phenols is 1. The normalized spacial score (nSPS) is 16.3. The van der Waals surface area contributed by atoms with Crippen molar-refractivity contribution >= 4 is 34.8 Å². The highest BCUT2D eigenvalue weighted by atomic mass is 35.5. The van der Waals surface area contributed by atoms with Gasteiger partial charge in [-0.3, -0.25) is 24.1 Å². The highest BCUT2D eigenvalue weighted by Crippen LogP contribution is 2.36. The van der Waals surface area contributed by atoms with Crippen LogP contribution in [-0.2, 0) is 31.3 Å². The Bertz CT molecular complexity index is 2030. The highest BCUT2D eigenvalue weighted by Gasteiger charge is 2.34. The van der Waals surface area contributed by atoms with E-state index >= 15 is 0 Å². The van der Waals surface area contributed by atoms with E-state index < -0.39 is 0 Å². The van der Waals surface area contributed by atoms with Crippen LogP contribution >= 0.6 is 11.6 Å². The van der Waals surface area contributed by atoms with Crippen LogP contribution in [0.4, 0.5) is 11.4 Å². The Morgan fingerprint density at radius 2 is 1.72 bits per heavy atom. The summed E-state index contributed by atoms with van der Waals surface area (Å²) in [6, 6.07) is 22.1.